The van der Waals surface area contributed by atoms with Crippen LogP contribution in [0.3, 0.4) is 0 Å². The van der Waals surface area contributed by atoms with Crippen LogP contribution in [0.25, 0.3) is 0 Å². The summed E-state index contributed by atoms with van der Waals surface area (Å²) in [6.07, 6.45) is -4.78. The SMILES string of the molecule is COc1ccc2c(c1)[C@@](C#CC(C)C)(C(F)(F)F)NC(=O)N2. The number of nitrogens with one attached hydrogen (secondary N) is 2. The number of ether oxygens (including phenoxy) is 1. The van der Waals surface area contributed by atoms with Crippen molar-refractivity contribution in [2.45, 2.75) is 25.6 Å². The molecule has 1 aromatic rings. The number of fused-ring (bicyclic) bond motifs is 1. The Balaban J connectivity index is 2.74. The van der Waals surface area contributed by atoms with Gasteiger partial charge >= 0.3 is 12.2 Å². The van der Waals surface area contributed by atoms with Gasteiger partial charge in [-0.25, -0.2) is 4.79 Å². The molecule has 1 aromatic carbocycles. The van der Waals surface area contributed by atoms with E-state index in [4.69, 9.17) is 4.74 Å². The average molecular weight is 312 g/mol. The molecule has 7 heteroatoms. The molecule has 2 rings (SSSR count). The summed E-state index contributed by atoms with van der Waals surface area (Å²) in [6, 6.07) is 3.11. The number of rotatable bonds is 1. The Labute approximate surface area is 126 Å². The fraction of sp³-hybridized carbons (Fsp3) is 0.400. The normalized spacial score (nSPS) is 20.4. The lowest BCUT2D eigenvalue weighted by molar-refractivity contribution is -0.178. The zero-order chi connectivity index (χ0) is 16.5. The fourth-order valence-electron chi connectivity index (χ4n) is 2.11. The van der Waals surface area contributed by atoms with Gasteiger partial charge in [-0.2, -0.15) is 13.2 Å². The van der Waals surface area contributed by atoms with E-state index in [1.807, 2.05) is 5.32 Å². The van der Waals surface area contributed by atoms with Crippen molar-refractivity contribution in [2.75, 3.05) is 12.4 Å². The van der Waals surface area contributed by atoms with Gasteiger partial charge < -0.3 is 15.4 Å². The maximum absolute atomic E-state index is 13.7. The lowest BCUT2D eigenvalue weighted by atomic mass is 9.86. The minimum Gasteiger partial charge on any atom is -0.497 e. The summed E-state index contributed by atoms with van der Waals surface area (Å²) < 4.78 is 46.2. The van der Waals surface area contributed by atoms with Crippen LogP contribution in [-0.2, 0) is 5.54 Å². The number of hydrogen-bond donors (Lipinski definition) is 2. The van der Waals surface area contributed by atoms with E-state index in [1.165, 1.54) is 25.3 Å². The number of halogens is 3. The molecule has 118 valence electrons. The highest BCUT2D eigenvalue weighted by molar-refractivity contribution is 5.95. The number of carbonyl (C=O) groups excluding carboxylic acids is 1. The number of carbonyl (C=O) groups is 1. The van der Waals surface area contributed by atoms with Crippen LogP contribution in [0.15, 0.2) is 18.2 Å². The molecule has 0 spiro atoms. The lowest BCUT2D eigenvalue weighted by Crippen LogP contribution is -2.59. The van der Waals surface area contributed by atoms with E-state index >= 15 is 0 Å². The van der Waals surface area contributed by atoms with Crippen LogP contribution in [-0.4, -0.2) is 19.3 Å². The highest BCUT2D eigenvalue weighted by atomic mass is 19.4. The molecule has 0 aliphatic carbocycles. The van der Waals surface area contributed by atoms with E-state index in [0.29, 0.717) is 0 Å². The number of methoxy groups -OCH3 is 1. The number of anilines is 1. The number of hydrogen-bond acceptors (Lipinski definition) is 2. The minimum atomic E-state index is -4.78. The zero-order valence-corrected chi connectivity index (χ0v) is 12.3. The highest BCUT2D eigenvalue weighted by Gasteiger charge is 2.59. The van der Waals surface area contributed by atoms with E-state index in [9.17, 15) is 18.0 Å². The van der Waals surface area contributed by atoms with Crippen LogP contribution in [0.5, 0.6) is 5.75 Å². The van der Waals surface area contributed by atoms with Crippen molar-refractivity contribution in [3.8, 4) is 17.6 Å². The van der Waals surface area contributed by atoms with Crippen molar-refractivity contribution < 1.29 is 22.7 Å². The van der Waals surface area contributed by atoms with Crippen molar-refractivity contribution in [1.29, 1.82) is 0 Å². The molecule has 1 atom stereocenters. The second-order valence-corrected chi connectivity index (χ2v) is 5.16. The summed E-state index contributed by atoms with van der Waals surface area (Å²) in [6.45, 7) is 3.35. The van der Waals surface area contributed by atoms with E-state index in [-0.39, 0.29) is 22.9 Å². The average Bonchev–Trinajstić information content (AvgIpc) is 2.42. The summed E-state index contributed by atoms with van der Waals surface area (Å²) >= 11 is 0. The molecule has 0 fully saturated rings. The quantitative estimate of drug-likeness (QED) is 0.782. The smallest absolute Gasteiger partial charge is 0.427 e. The topological polar surface area (TPSA) is 50.4 Å². The molecule has 0 saturated heterocycles. The van der Waals surface area contributed by atoms with Crippen molar-refractivity contribution in [1.82, 2.24) is 5.32 Å². The summed E-state index contributed by atoms with van der Waals surface area (Å²) in [7, 11) is 1.35. The van der Waals surface area contributed by atoms with Crippen LogP contribution >= 0.6 is 0 Å². The maximum Gasteiger partial charge on any atom is 0.427 e. The van der Waals surface area contributed by atoms with Crippen LogP contribution in [0.2, 0.25) is 0 Å². The van der Waals surface area contributed by atoms with E-state index < -0.39 is 17.7 Å². The van der Waals surface area contributed by atoms with Crippen molar-refractivity contribution in [3.63, 3.8) is 0 Å². The van der Waals surface area contributed by atoms with E-state index in [0.717, 1.165) is 0 Å². The third-order valence-corrected chi connectivity index (χ3v) is 3.15. The van der Waals surface area contributed by atoms with Gasteiger partial charge in [0.1, 0.15) is 5.75 Å². The van der Waals surface area contributed by atoms with Gasteiger partial charge in [0.25, 0.3) is 0 Å². The van der Waals surface area contributed by atoms with Gasteiger partial charge in [0, 0.05) is 17.2 Å². The Bertz CT molecular complexity index is 659. The molecule has 0 unspecified atom stereocenters. The van der Waals surface area contributed by atoms with Crippen LogP contribution in [0.1, 0.15) is 19.4 Å². The van der Waals surface area contributed by atoms with Crippen LogP contribution in [0.4, 0.5) is 23.7 Å². The molecule has 1 heterocycles. The van der Waals surface area contributed by atoms with Gasteiger partial charge in [0.05, 0.1) is 7.11 Å². The number of alkyl halides is 3. The Hall–Kier alpha value is -2.36. The molecule has 0 radical (unpaired) electrons. The van der Waals surface area contributed by atoms with Crippen LogP contribution in [0, 0.1) is 17.8 Å². The standard InChI is InChI=1S/C15H15F3N2O2/c1-9(2)6-7-14(15(16,17)18)11-8-10(22-3)4-5-12(11)19-13(21)20-14/h4-5,8-9H,1-3H3,(H2,19,20,21)/t14-/m0/s1. The molecule has 1 aliphatic heterocycles. The molecule has 0 aromatic heterocycles. The van der Waals surface area contributed by atoms with Gasteiger partial charge in [-0.05, 0) is 18.2 Å². The largest absolute Gasteiger partial charge is 0.497 e. The van der Waals surface area contributed by atoms with Gasteiger partial charge in [-0.3, -0.25) is 0 Å². The molecule has 0 saturated carbocycles. The summed E-state index contributed by atoms with van der Waals surface area (Å²) in [5.74, 6) is 4.69. The first kappa shape index (κ1) is 16.0. The molecule has 1 aliphatic rings. The van der Waals surface area contributed by atoms with E-state index in [1.54, 1.807) is 13.8 Å². The minimum absolute atomic E-state index is 0.0555. The Morgan fingerprint density at radius 3 is 2.55 bits per heavy atom. The Kier molecular flexibility index (Phi) is 3.96. The zero-order valence-electron chi connectivity index (χ0n) is 12.3. The fourth-order valence-corrected chi connectivity index (χ4v) is 2.11. The van der Waals surface area contributed by atoms with Gasteiger partial charge in [-0.15, -0.1) is 0 Å². The highest BCUT2D eigenvalue weighted by Crippen LogP contribution is 2.44. The molecule has 2 amide bonds. The third kappa shape index (κ3) is 2.69. The van der Waals surface area contributed by atoms with Crippen molar-refractivity contribution >= 4 is 11.7 Å². The first-order chi connectivity index (χ1) is 10.2. The van der Waals surface area contributed by atoms with Gasteiger partial charge in [-0.1, -0.05) is 25.7 Å². The first-order valence-electron chi connectivity index (χ1n) is 6.56. The van der Waals surface area contributed by atoms with Crippen LogP contribution < -0.4 is 15.4 Å². The Morgan fingerprint density at radius 1 is 1.32 bits per heavy atom. The monoisotopic (exact) mass is 312 g/mol. The second kappa shape index (κ2) is 5.44. The molecular weight excluding hydrogens is 297 g/mol. The molecule has 22 heavy (non-hydrogen) atoms. The first-order valence-corrected chi connectivity index (χ1v) is 6.56. The Morgan fingerprint density at radius 2 is 2.00 bits per heavy atom. The number of amides is 2. The van der Waals surface area contributed by atoms with Gasteiger partial charge in [0.15, 0.2) is 0 Å². The van der Waals surface area contributed by atoms with Crippen molar-refractivity contribution in [2.24, 2.45) is 5.92 Å². The predicted octanol–water partition coefficient (Wildman–Crippen LogP) is 3.25. The van der Waals surface area contributed by atoms with Gasteiger partial charge in [0.2, 0.25) is 5.54 Å². The molecular formula is C15H15F3N2O2. The molecule has 0 bridgehead atoms. The molecule has 2 N–H and O–H groups in total. The number of benzene rings is 1. The summed E-state index contributed by atoms with van der Waals surface area (Å²) in [4.78, 5) is 11.7. The summed E-state index contributed by atoms with van der Waals surface area (Å²) in [5, 5.41) is 4.28. The third-order valence-electron chi connectivity index (χ3n) is 3.15. The summed E-state index contributed by atoms with van der Waals surface area (Å²) in [5.41, 5.74) is -2.89. The maximum atomic E-state index is 13.7. The second-order valence-electron chi connectivity index (χ2n) is 5.16. The lowest BCUT2D eigenvalue weighted by Gasteiger charge is -2.37. The molecule has 4 nitrogen and oxygen atoms in total. The van der Waals surface area contributed by atoms with Crippen molar-refractivity contribution in [3.05, 3.63) is 23.8 Å². The number of urea groups is 1. The van der Waals surface area contributed by atoms with E-state index in [2.05, 4.69) is 17.2 Å². The predicted molar refractivity (Wildman–Crippen MR) is 75.5 cm³/mol.